The Kier molecular flexibility index (Phi) is 9.26. The quantitative estimate of drug-likeness (QED) is 0.324. The normalized spacial score (nSPS) is 13.9. The molecule has 0 bridgehead atoms. The highest BCUT2D eigenvalue weighted by Gasteiger charge is 2.25. The maximum atomic E-state index is 12.2. The zero-order chi connectivity index (χ0) is 26.2. The van der Waals surface area contributed by atoms with Gasteiger partial charge in [-0.2, -0.15) is 0 Å². The number of imide groups is 1. The number of rotatable bonds is 10. The molecule has 0 aliphatic carbocycles. The molecule has 5 amide bonds. The summed E-state index contributed by atoms with van der Waals surface area (Å²) in [6, 6.07) is 5.79. The zero-order valence-corrected chi connectivity index (χ0v) is 20.2. The van der Waals surface area contributed by atoms with Gasteiger partial charge in [0.25, 0.3) is 11.8 Å². The van der Waals surface area contributed by atoms with Crippen LogP contribution >= 0.6 is 0 Å². The van der Waals surface area contributed by atoms with Gasteiger partial charge in [-0.15, -0.1) is 0 Å². The zero-order valence-electron chi connectivity index (χ0n) is 20.2. The standard InChI is InChI=1S/C24H30N4O7/c1-15(26-18(29)11-12-28-20(31)9-10-21(28)32)22(33)25-13-19(30)27-17-7-5-16(6-8-17)14-35-23(34)24(2,3)4/h5-10,15H,11-14H2,1-4H3,(H,25,33)(H,26,29)(H,27,30). The van der Waals surface area contributed by atoms with Crippen LogP contribution in [0.4, 0.5) is 5.69 Å². The van der Waals surface area contributed by atoms with E-state index in [4.69, 9.17) is 4.74 Å². The van der Waals surface area contributed by atoms with Crippen LogP contribution in [0, 0.1) is 5.41 Å². The summed E-state index contributed by atoms with van der Waals surface area (Å²) in [4.78, 5) is 72.0. The second-order valence-electron chi connectivity index (χ2n) is 8.99. The van der Waals surface area contributed by atoms with Crippen molar-refractivity contribution in [3.8, 4) is 0 Å². The maximum absolute atomic E-state index is 12.2. The number of ether oxygens (including phenoxy) is 1. The van der Waals surface area contributed by atoms with E-state index in [2.05, 4.69) is 16.0 Å². The van der Waals surface area contributed by atoms with Gasteiger partial charge in [-0.25, -0.2) is 0 Å². The molecule has 11 heteroatoms. The fraction of sp³-hybridized carbons (Fsp3) is 0.417. The highest BCUT2D eigenvalue weighted by molar-refractivity contribution is 6.13. The van der Waals surface area contributed by atoms with E-state index >= 15 is 0 Å². The van der Waals surface area contributed by atoms with E-state index in [1.165, 1.54) is 6.92 Å². The Morgan fingerprint density at radius 3 is 2.14 bits per heavy atom. The van der Waals surface area contributed by atoms with Gasteiger partial charge < -0.3 is 20.7 Å². The lowest BCUT2D eigenvalue weighted by molar-refractivity contribution is -0.154. The summed E-state index contributed by atoms with van der Waals surface area (Å²) >= 11 is 0. The van der Waals surface area contributed by atoms with Gasteiger partial charge in [0, 0.05) is 30.8 Å². The summed E-state index contributed by atoms with van der Waals surface area (Å²) in [6.07, 6.45) is 2.10. The van der Waals surface area contributed by atoms with Crippen LogP contribution in [0.5, 0.6) is 0 Å². The second-order valence-corrected chi connectivity index (χ2v) is 8.99. The van der Waals surface area contributed by atoms with Gasteiger partial charge in [-0.1, -0.05) is 12.1 Å². The van der Waals surface area contributed by atoms with E-state index < -0.39 is 41.0 Å². The smallest absolute Gasteiger partial charge is 0.311 e. The first-order valence-electron chi connectivity index (χ1n) is 11.0. The van der Waals surface area contributed by atoms with E-state index in [9.17, 15) is 28.8 Å². The summed E-state index contributed by atoms with van der Waals surface area (Å²) in [5.41, 5.74) is 0.662. The topological polar surface area (TPSA) is 151 Å². The van der Waals surface area contributed by atoms with E-state index in [-0.39, 0.29) is 32.1 Å². The maximum Gasteiger partial charge on any atom is 0.311 e. The minimum atomic E-state index is -0.923. The number of esters is 1. The fourth-order valence-corrected chi connectivity index (χ4v) is 2.82. The molecule has 2 rings (SSSR count). The minimum absolute atomic E-state index is 0.0922. The molecule has 188 valence electrons. The molecule has 3 N–H and O–H groups in total. The molecule has 1 aromatic carbocycles. The van der Waals surface area contributed by atoms with Crippen molar-refractivity contribution < 1.29 is 33.5 Å². The van der Waals surface area contributed by atoms with Gasteiger partial charge in [0.15, 0.2) is 0 Å². The van der Waals surface area contributed by atoms with Crippen molar-refractivity contribution in [2.45, 2.75) is 46.8 Å². The van der Waals surface area contributed by atoms with E-state index in [0.717, 1.165) is 22.6 Å². The average molecular weight is 487 g/mol. The van der Waals surface area contributed by atoms with Gasteiger partial charge in [-0.3, -0.25) is 33.7 Å². The minimum Gasteiger partial charge on any atom is -0.460 e. The first-order chi connectivity index (χ1) is 16.4. The third kappa shape index (κ3) is 8.69. The monoisotopic (exact) mass is 486 g/mol. The van der Waals surface area contributed by atoms with Crippen LogP contribution in [0.1, 0.15) is 39.7 Å². The van der Waals surface area contributed by atoms with Gasteiger partial charge >= 0.3 is 5.97 Å². The Labute approximate surface area is 203 Å². The molecule has 11 nitrogen and oxygen atoms in total. The molecule has 0 fully saturated rings. The number of benzene rings is 1. The number of nitrogens with one attached hydrogen (secondary N) is 3. The molecule has 1 aromatic rings. The van der Waals surface area contributed by atoms with Crippen LogP contribution in [-0.2, 0) is 40.1 Å². The predicted molar refractivity (Wildman–Crippen MR) is 125 cm³/mol. The van der Waals surface area contributed by atoms with Crippen LogP contribution in [-0.4, -0.2) is 59.5 Å². The number of anilines is 1. The van der Waals surface area contributed by atoms with Crippen molar-refractivity contribution >= 4 is 41.2 Å². The van der Waals surface area contributed by atoms with Gasteiger partial charge in [0.1, 0.15) is 12.6 Å². The number of nitrogens with zero attached hydrogens (tertiary/aromatic N) is 1. The molecule has 1 aliphatic heterocycles. The van der Waals surface area contributed by atoms with Crippen LogP contribution in [0.3, 0.4) is 0 Å². The largest absolute Gasteiger partial charge is 0.460 e. The van der Waals surface area contributed by atoms with Gasteiger partial charge in [-0.05, 0) is 45.4 Å². The average Bonchev–Trinajstić information content (AvgIpc) is 3.11. The highest BCUT2D eigenvalue weighted by atomic mass is 16.5. The van der Waals surface area contributed by atoms with E-state index in [0.29, 0.717) is 5.69 Å². The SMILES string of the molecule is CC(NC(=O)CCN1C(=O)C=CC1=O)C(=O)NCC(=O)Nc1ccc(COC(=O)C(C)(C)C)cc1. The van der Waals surface area contributed by atoms with Crippen LogP contribution in [0.25, 0.3) is 0 Å². The lowest BCUT2D eigenvalue weighted by Gasteiger charge is -2.17. The number of carbonyl (C=O) groups excluding carboxylic acids is 6. The van der Waals surface area contributed by atoms with E-state index in [1.807, 2.05) is 0 Å². The number of amides is 5. The third-order valence-corrected chi connectivity index (χ3v) is 4.88. The van der Waals surface area contributed by atoms with Crippen molar-refractivity contribution in [1.29, 1.82) is 0 Å². The van der Waals surface area contributed by atoms with Gasteiger partial charge in [0.2, 0.25) is 17.7 Å². The summed E-state index contributed by atoms with van der Waals surface area (Å²) in [5.74, 6) is -2.85. The van der Waals surface area contributed by atoms with Crippen molar-refractivity contribution in [2.24, 2.45) is 5.41 Å². The molecule has 0 radical (unpaired) electrons. The van der Waals surface area contributed by atoms with Crippen molar-refractivity contribution in [3.63, 3.8) is 0 Å². The molecule has 35 heavy (non-hydrogen) atoms. The third-order valence-electron chi connectivity index (χ3n) is 4.88. The molecule has 1 unspecified atom stereocenters. The highest BCUT2D eigenvalue weighted by Crippen LogP contribution is 2.17. The second kappa shape index (κ2) is 11.9. The number of hydrogen-bond acceptors (Lipinski definition) is 7. The number of carbonyl (C=O) groups is 6. The first kappa shape index (κ1) is 27.2. The summed E-state index contributed by atoms with van der Waals surface area (Å²) in [6.45, 7) is 6.46. The molecule has 0 aromatic heterocycles. The van der Waals surface area contributed by atoms with Crippen LogP contribution in [0.15, 0.2) is 36.4 Å². The lowest BCUT2D eigenvalue weighted by atomic mass is 9.97. The summed E-state index contributed by atoms with van der Waals surface area (Å²) in [7, 11) is 0. The van der Waals surface area contributed by atoms with E-state index in [1.54, 1.807) is 45.0 Å². The summed E-state index contributed by atoms with van der Waals surface area (Å²) in [5, 5.41) is 7.51. The number of hydrogen-bond donors (Lipinski definition) is 3. The van der Waals surface area contributed by atoms with Crippen molar-refractivity contribution in [1.82, 2.24) is 15.5 Å². The molecule has 0 saturated heterocycles. The molecule has 0 saturated carbocycles. The predicted octanol–water partition coefficient (Wildman–Crippen LogP) is 0.650. The van der Waals surface area contributed by atoms with Crippen molar-refractivity contribution in [2.75, 3.05) is 18.4 Å². The van der Waals surface area contributed by atoms with Crippen LogP contribution in [0.2, 0.25) is 0 Å². The molecule has 0 spiro atoms. The van der Waals surface area contributed by atoms with Gasteiger partial charge in [0.05, 0.1) is 12.0 Å². The molecular weight excluding hydrogens is 456 g/mol. The Bertz CT molecular complexity index is 1010. The fourth-order valence-electron chi connectivity index (χ4n) is 2.82. The Hall–Kier alpha value is -4.02. The van der Waals surface area contributed by atoms with Crippen LogP contribution < -0.4 is 16.0 Å². The Morgan fingerprint density at radius 2 is 1.57 bits per heavy atom. The van der Waals surface area contributed by atoms with Crippen molar-refractivity contribution in [3.05, 3.63) is 42.0 Å². The Morgan fingerprint density at radius 1 is 0.971 bits per heavy atom. The molecule has 1 heterocycles. The Balaban J connectivity index is 1.69. The molecule has 1 aliphatic rings. The molecule has 1 atom stereocenters. The molecular formula is C24H30N4O7. The summed E-state index contributed by atoms with van der Waals surface area (Å²) < 4.78 is 5.24. The first-order valence-corrected chi connectivity index (χ1v) is 11.0. The lowest BCUT2D eigenvalue weighted by Crippen LogP contribution is -2.47.